The second kappa shape index (κ2) is 15.4. The van der Waals surface area contributed by atoms with Gasteiger partial charge in [0.25, 0.3) is 0 Å². The molecule has 0 aliphatic heterocycles. The smallest absolute Gasteiger partial charge is 0.216 e. The topological polar surface area (TPSA) is 76.2 Å². The third-order valence-corrected chi connectivity index (χ3v) is 8.62. The molecule has 5 aromatic rings. The second-order valence-corrected chi connectivity index (χ2v) is 12.9. The molecule has 0 saturated heterocycles. The Morgan fingerprint density at radius 1 is 1.09 bits per heavy atom. The molecule has 7 heteroatoms. The fraction of sp³-hybridized carbons (Fsp3) is 0.432. The van der Waals surface area contributed by atoms with Gasteiger partial charge in [-0.15, -0.1) is 29.5 Å². The summed E-state index contributed by atoms with van der Waals surface area (Å²) >= 11 is 1.38. The number of benzene rings is 1. The van der Waals surface area contributed by atoms with E-state index in [4.69, 9.17) is 11.3 Å². The first-order valence-electron chi connectivity index (χ1n) is 17.6. The van der Waals surface area contributed by atoms with Crippen LogP contribution < -0.4 is 0 Å². The SMILES string of the molecule is CCC(CC)C(=O)/C=C(\O)C(CC)CC.[2H]C([2H])([2H])c1ccc2c(n1)oc1c(-c3nccc4cc(C([2H])([2H])C(C)(C)C)sc34)[c-]ccc12.[Ir]. The molecule has 0 aliphatic carbocycles. The molecule has 0 saturated carbocycles. The molecule has 5 rings (SSSR count). The Morgan fingerprint density at radius 3 is 2.43 bits per heavy atom. The van der Waals surface area contributed by atoms with Crippen LogP contribution in [0.25, 0.3) is 43.4 Å². The Bertz CT molecular complexity index is 1930. The molecule has 0 atom stereocenters. The van der Waals surface area contributed by atoms with E-state index < -0.39 is 18.6 Å². The maximum absolute atomic E-state index is 11.7. The zero-order chi connectivity index (χ0) is 35.6. The molecular weight excluding hydrogens is 745 g/mol. The third kappa shape index (κ3) is 8.24. The number of aryl methyl sites for hydroxylation is 1. The molecule has 0 spiro atoms. The van der Waals surface area contributed by atoms with Gasteiger partial charge in [-0.3, -0.25) is 4.79 Å². The molecule has 1 aromatic carbocycles. The molecule has 4 aromatic heterocycles. The number of carbonyl (C=O) groups is 1. The largest absolute Gasteiger partial charge is 0.512 e. The van der Waals surface area contributed by atoms with E-state index in [0.717, 1.165) is 46.5 Å². The van der Waals surface area contributed by atoms with Crippen molar-refractivity contribution in [2.24, 2.45) is 17.3 Å². The quantitative estimate of drug-likeness (QED) is 0.0914. The normalized spacial score (nSPS) is 14.5. The molecular formula is C37H45IrN2O3S-. The van der Waals surface area contributed by atoms with Crippen LogP contribution in [0, 0.1) is 30.2 Å². The van der Waals surface area contributed by atoms with E-state index in [1.807, 2.05) is 66.7 Å². The Hall–Kier alpha value is -2.86. The summed E-state index contributed by atoms with van der Waals surface area (Å²) in [6.45, 7) is 11.4. The number of thiophene rings is 1. The Balaban J connectivity index is 0.000000347. The van der Waals surface area contributed by atoms with Crippen molar-refractivity contribution in [3.63, 3.8) is 0 Å². The minimum Gasteiger partial charge on any atom is -0.512 e. The molecule has 1 radical (unpaired) electrons. The molecule has 237 valence electrons. The summed E-state index contributed by atoms with van der Waals surface area (Å²) in [5.74, 6) is 0.547. The summed E-state index contributed by atoms with van der Waals surface area (Å²) in [5, 5.41) is 12.2. The fourth-order valence-electron chi connectivity index (χ4n) is 5.15. The Morgan fingerprint density at radius 2 is 1.80 bits per heavy atom. The molecule has 5 nitrogen and oxygen atoms in total. The number of furan rings is 1. The Kier molecular flexibility index (Phi) is 10.0. The van der Waals surface area contributed by atoms with E-state index in [0.29, 0.717) is 21.7 Å². The molecule has 0 unspecified atom stereocenters. The van der Waals surface area contributed by atoms with E-state index in [9.17, 15) is 9.90 Å². The minimum absolute atomic E-state index is 0. The van der Waals surface area contributed by atoms with Crippen LogP contribution >= 0.6 is 11.3 Å². The van der Waals surface area contributed by atoms with E-state index in [1.54, 1.807) is 18.3 Å². The van der Waals surface area contributed by atoms with Gasteiger partial charge in [0.05, 0.1) is 11.3 Å². The van der Waals surface area contributed by atoms with Gasteiger partial charge in [0.15, 0.2) is 5.78 Å². The van der Waals surface area contributed by atoms with Crippen LogP contribution in [0.3, 0.4) is 0 Å². The van der Waals surface area contributed by atoms with Gasteiger partial charge in [-0.2, -0.15) is 0 Å². The first-order valence-corrected chi connectivity index (χ1v) is 15.9. The predicted octanol–water partition coefficient (Wildman–Crippen LogP) is 10.8. The average Bonchev–Trinajstić information content (AvgIpc) is 3.64. The van der Waals surface area contributed by atoms with Crippen molar-refractivity contribution in [3.8, 4) is 11.3 Å². The first kappa shape index (κ1) is 28.6. The van der Waals surface area contributed by atoms with Crippen LogP contribution in [-0.4, -0.2) is 20.9 Å². The van der Waals surface area contributed by atoms with Crippen LogP contribution in [0.1, 0.15) is 91.6 Å². The number of fused-ring (bicyclic) bond motifs is 4. The number of nitrogens with zero attached hydrogens (tertiary/aromatic N) is 2. The van der Waals surface area contributed by atoms with Crippen molar-refractivity contribution in [2.75, 3.05) is 0 Å². The summed E-state index contributed by atoms with van der Waals surface area (Å²) in [5.41, 5.74) is 1.47. The number of allylic oxidation sites excluding steroid dienone is 2. The molecule has 1 N–H and O–H groups in total. The number of aliphatic hydroxyl groups is 1. The number of hydrogen-bond donors (Lipinski definition) is 1. The summed E-state index contributed by atoms with van der Waals surface area (Å²) in [7, 11) is 0. The van der Waals surface area contributed by atoms with Gasteiger partial charge in [-0.05, 0) is 74.0 Å². The van der Waals surface area contributed by atoms with E-state index >= 15 is 0 Å². The minimum atomic E-state index is -2.32. The number of carbonyl (C=O) groups excluding carboxylic acids is 1. The van der Waals surface area contributed by atoms with Crippen molar-refractivity contribution < 1.29 is 41.3 Å². The monoisotopic (exact) mass is 795 g/mol. The van der Waals surface area contributed by atoms with Gasteiger partial charge >= 0.3 is 0 Å². The van der Waals surface area contributed by atoms with E-state index in [2.05, 4.69) is 16.0 Å². The zero-order valence-corrected chi connectivity index (χ0v) is 29.7. The van der Waals surface area contributed by atoms with Crippen molar-refractivity contribution in [3.05, 3.63) is 71.1 Å². The standard InChI is InChI=1S/C24H21N2OS.C13H24O2.Ir/c1-14-8-9-18-17-6-5-7-19(21(17)27-23(18)26-14)20-22-15(10-11-25-20)12-16(28-22)13-24(2,3)4;1-5-10(6-2)12(14)9-13(15)11(7-3)8-4;/h5-6,8-12H,13H2,1-4H3;9-11,14H,5-8H2,1-4H3;/q-1;;/b;12-9-;/i1D3,13D2;;. The zero-order valence-electron chi connectivity index (χ0n) is 31.5. The van der Waals surface area contributed by atoms with Crippen LogP contribution in [0.2, 0.25) is 0 Å². The molecule has 0 aliphatic rings. The van der Waals surface area contributed by atoms with Crippen LogP contribution in [0.4, 0.5) is 0 Å². The first-order chi connectivity index (χ1) is 22.5. The molecule has 44 heavy (non-hydrogen) atoms. The van der Waals surface area contributed by atoms with Crippen molar-refractivity contribution >= 4 is 49.3 Å². The molecule has 4 heterocycles. The van der Waals surface area contributed by atoms with Crippen LogP contribution in [0.15, 0.2) is 58.8 Å². The van der Waals surface area contributed by atoms with Gasteiger partial charge in [-0.1, -0.05) is 59.4 Å². The van der Waals surface area contributed by atoms with Gasteiger partial charge in [-0.25, -0.2) is 4.98 Å². The fourth-order valence-corrected chi connectivity index (χ4v) is 6.41. The molecule has 0 fully saturated rings. The number of aliphatic hydroxyl groups excluding tert-OH is 1. The van der Waals surface area contributed by atoms with Gasteiger partial charge < -0.3 is 14.5 Å². The summed E-state index contributed by atoms with van der Waals surface area (Å²) in [4.78, 5) is 21.2. The van der Waals surface area contributed by atoms with E-state index in [-0.39, 0.29) is 54.9 Å². The number of rotatable bonds is 9. The van der Waals surface area contributed by atoms with Crippen LogP contribution in [0.5, 0.6) is 0 Å². The predicted molar refractivity (Wildman–Crippen MR) is 181 cm³/mol. The maximum atomic E-state index is 11.7. The summed E-state index contributed by atoms with van der Waals surface area (Å²) in [6, 6.07) is 13.8. The second-order valence-electron chi connectivity index (χ2n) is 11.8. The number of ketones is 1. The average molecular weight is 795 g/mol. The Labute approximate surface area is 286 Å². The van der Waals surface area contributed by atoms with Crippen molar-refractivity contribution in [1.29, 1.82) is 0 Å². The van der Waals surface area contributed by atoms with Crippen molar-refractivity contribution in [1.82, 2.24) is 9.97 Å². The van der Waals surface area contributed by atoms with Crippen molar-refractivity contribution in [2.45, 2.75) is 87.4 Å². The van der Waals surface area contributed by atoms with Gasteiger partial charge in [0.1, 0.15) is 0 Å². The molecule has 0 amide bonds. The number of aromatic nitrogens is 2. The third-order valence-electron chi connectivity index (χ3n) is 7.55. The number of pyridine rings is 2. The number of hydrogen-bond acceptors (Lipinski definition) is 6. The molecule has 0 bridgehead atoms. The van der Waals surface area contributed by atoms with Gasteiger partial charge in [0, 0.05) is 77.4 Å². The van der Waals surface area contributed by atoms with Crippen LogP contribution in [-0.2, 0) is 31.3 Å². The van der Waals surface area contributed by atoms with E-state index in [1.165, 1.54) is 23.5 Å². The summed E-state index contributed by atoms with van der Waals surface area (Å²) in [6.07, 6.45) is 5.09. The summed E-state index contributed by atoms with van der Waals surface area (Å²) < 4.78 is 47.1. The van der Waals surface area contributed by atoms with Gasteiger partial charge in [0.2, 0.25) is 5.71 Å². The maximum Gasteiger partial charge on any atom is 0.216 e.